The van der Waals surface area contributed by atoms with E-state index in [2.05, 4.69) is 36.4 Å². The van der Waals surface area contributed by atoms with Gasteiger partial charge in [-0.3, -0.25) is 0 Å². The number of benzene rings is 3. The molecule has 0 aromatic heterocycles. The molecular weight excluding hydrogens is 218 g/mol. The molecule has 0 unspecified atom stereocenters. The third kappa shape index (κ3) is 1.89. The fraction of sp³-hybridized carbons (Fsp3) is 0.0588. The minimum atomic E-state index is -0.128. The Hall–Kier alpha value is -2.12. The quantitative estimate of drug-likeness (QED) is 0.716. The van der Waals surface area contributed by atoms with E-state index in [0.29, 0.717) is 0 Å². The lowest BCUT2D eigenvalue weighted by Gasteiger charge is -2.14. The van der Waals surface area contributed by atoms with Gasteiger partial charge in [0.2, 0.25) is 0 Å². The predicted molar refractivity (Wildman–Crippen MR) is 75.3 cm³/mol. The summed E-state index contributed by atoms with van der Waals surface area (Å²) >= 11 is 0. The van der Waals surface area contributed by atoms with Crippen LogP contribution in [0.15, 0.2) is 66.7 Å². The first-order valence-corrected chi connectivity index (χ1v) is 6.06. The summed E-state index contributed by atoms with van der Waals surface area (Å²) in [6.07, 6.45) is 0. The zero-order valence-electron chi connectivity index (χ0n) is 10.0. The zero-order chi connectivity index (χ0) is 12.4. The van der Waals surface area contributed by atoms with Crippen LogP contribution < -0.4 is 5.73 Å². The molecule has 0 amide bonds. The number of nitrogens with two attached hydrogens (primary N) is 1. The average Bonchev–Trinajstić information content (AvgIpc) is 2.47. The molecule has 0 aliphatic heterocycles. The molecule has 0 spiro atoms. The lowest BCUT2D eigenvalue weighted by molar-refractivity contribution is 0.879. The molecule has 1 nitrogen and oxygen atoms in total. The molecule has 0 aliphatic rings. The SMILES string of the molecule is N[C@@H](c1ccccc1)c1[c]ccc2ccccc12. The maximum absolute atomic E-state index is 6.35. The molecule has 2 N–H and O–H groups in total. The van der Waals surface area contributed by atoms with Crippen molar-refractivity contribution in [1.82, 2.24) is 0 Å². The van der Waals surface area contributed by atoms with Crippen LogP contribution in [0.4, 0.5) is 0 Å². The lowest BCUT2D eigenvalue weighted by Crippen LogP contribution is -2.12. The number of rotatable bonds is 2. The fourth-order valence-electron chi connectivity index (χ4n) is 2.27. The van der Waals surface area contributed by atoms with Gasteiger partial charge in [-0.25, -0.2) is 0 Å². The second-order valence-corrected chi connectivity index (χ2v) is 4.37. The van der Waals surface area contributed by atoms with Crippen LogP contribution in [0.3, 0.4) is 0 Å². The molecule has 87 valence electrons. The van der Waals surface area contributed by atoms with Crippen LogP contribution >= 0.6 is 0 Å². The summed E-state index contributed by atoms with van der Waals surface area (Å²) in [7, 11) is 0. The maximum Gasteiger partial charge on any atom is 0.0563 e. The average molecular weight is 232 g/mol. The van der Waals surface area contributed by atoms with Gasteiger partial charge in [0.05, 0.1) is 6.04 Å². The van der Waals surface area contributed by atoms with E-state index in [1.54, 1.807) is 0 Å². The Morgan fingerprint density at radius 1 is 0.833 bits per heavy atom. The van der Waals surface area contributed by atoms with Gasteiger partial charge in [0.1, 0.15) is 0 Å². The molecule has 0 aliphatic carbocycles. The van der Waals surface area contributed by atoms with Gasteiger partial charge in [-0.15, -0.1) is 0 Å². The van der Waals surface area contributed by atoms with Gasteiger partial charge in [-0.05, 0) is 28.0 Å². The Balaban J connectivity index is 2.15. The van der Waals surface area contributed by atoms with E-state index in [1.807, 2.05) is 36.4 Å². The monoisotopic (exact) mass is 232 g/mol. The molecular formula is C17H14N. The summed E-state index contributed by atoms with van der Waals surface area (Å²) in [5, 5.41) is 2.38. The van der Waals surface area contributed by atoms with Crippen LogP contribution in [-0.2, 0) is 0 Å². The highest BCUT2D eigenvalue weighted by molar-refractivity contribution is 5.86. The molecule has 3 aromatic carbocycles. The van der Waals surface area contributed by atoms with Crippen LogP contribution in [-0.4, -0.2) is 0 Å². The van der Waals surface area contributed by atoms with Crippen molar-refractivity contribution in [1.29, 1.82) is 0 Å². The molecule has 1 atom stereocenters. The lowest BCUT2D eigenvalue weighted by atomic mass is 9.94. The van der Waals surface area contributed by atoms with E-state index in [1.165, 1.54) is 10.8 Å². The van der Waals surface area contributed by atoms with Crippen molar-refractivity contribution >= 4 is 10.8 Å². The minimum absolute atomic E-state index is 0.128. The molecule has 18 heavy (non-hydrogen) atoms. The molecule has 3 rings (SSSR count). The fourth-order valence-corrected chi connectivity index (χ4v) is 2.27. The minimum Gasteiger partial charge on any atom is -0.320 e. The molecule has 1 radical (unpaired) electrons. The van der Waals surface area contributed by atoms with Crippen molar-refractivity contribution in [3.05, 3.63) is 83.9 Å². The molecule has 1 heteroatoms. The summed E-state index contributed by atoms with van der Waals surface area (Å²) in [6.45, 7) is 0. The van der Waals surface area contributed by atoms with Gasteiger partial charge in [0.15, 0.2) is 0 Å². The number of hydrogen-bond donors (Lipinski definition) is 1. The van der Waals surface area contributed by atoms with Crippen LogP contribution in [0.5, 0.6) is 0 Å². The third-order valence-corrected chi connectivity index (χ3v) is 3.22. The Morgan fingerprint density at radius 3 is 2.39 bits per heavy atom. The van der Waals surface area contributed by atoms with Crippen molar-refractivity contribution in [2.75, 3.05) is 0 Å². The van der Waals surface area contributed by atoms with Crippen molar-refractivity contribution < 1.29 is 0 Å². The first-order valence-electron chi connectivity index (χ1n) is 6.06. The van der Waals surface area contributed by atoms with Crippen LogP contribution in [0.25, 0.3) is 10.8 Å². The van der Waals surface area contributed by atoms with E-state index < -0.39 is 0 Å². The molecule has 0 bridgehead atoms. The highest BCUT2D eigenvalue weighted by Crippen LogP contribution is 2.26. The predicted octanol–water partition coefficient (Wildman–Crippen LogP) is 3.69. The second kappa shape index (κ2) is 4.63. The van der Waals surface area contributed by atoms with Gasteiger partial charge in [-0.1, -0.05) is 66.7 Å². The van der Waals surface area contributed by atoms with Gasteiger partial charge >= 0.3 is 0 Å². The van der Waals surface area contributed by atoms with Gasteiger partial charge in [0, 0.05) is 0 Å². The Kier molecular flexibility index (Phi) is 2.83. The first kappa shape index (κ1) is 11.0. The van der Waals surface area contributed by atoms with Crippen molar-refractivity contribution in [3.8, 4) is 0 Å². The van der Waals surface area contributed by atoms with Crippen LogP contribution in [0.2, 0.25) is 0 Å². The van der Waals surface area contributed by atoms with E-state index in [9.17, 15) is 0 Å². The van der Waals surface area contributed by atoms with Crippen molar-refractivity contribution in [2.24, 2.45) is 5.73 Å². The topological polar surface area (TPSA) is 26.0 Å². The first-order chi connectivity index (χ1) is 8.86. The van der Waals surface area contributed by atoms with Gasteiger partial charge in [-0.2, -0.15) is 0 Å². The summed E-state index contributed by atoms with van der Waals surface area (Å²) in [5.74, 6) is 0. The van der Waals surface area contributed by atoms with E-state index >= 15 is 0 Å². The highest BCUT2D eigenvalue weighted by atomic mass is 14.6. The molecule has 3 aromatic rings. The Labute approximate surface area is 107 Å². The standard InChI is InChI=1S/C17H14N/c18-17(14-8-2-1-3-9-14)16-12-6-10-13-7-4-5-11-15(13)16/h1-11,17H,18H2/t17-/m0/s1. The summed E-state index contributed by atoms with van der Waals surface area (Å²) in [4.78, 5) is 0. The smallest absolute Gasteiger partial charge is 0.0563 e. The van der Waals surface area contributed by atoms with Crippen molar-refractivity contribution in [3.63, 3.8) is 0 Å². The third-order valence-electron chi connectivity index (χ3n) is 3.22. The zero-order valence-corrected chi connectivity index (χ0v) is 10.0. The second-order valence-electron chi connectivity index (χ2n) is 4.37. The molecule has 0 fully saturated rings. The summed E-state index contributed by atoms with van der Waals surface area (Å²) < 4.78 is 0. The van der Waals surface area contributed by atoms with E-state index in [4.69, 9.17) is 5.73 Å². The molecule has 0 saturated carbocycles. The van der Waals surface area contributed by atoms with E-state index in [-0.39, 0.29) is 6.04 Å². The van der Waals surface area contributed by atoms with Gasteiger partial charge in [0.25, 0.3) is 0 Å². The van der Waals surface area contributed by atoms with E-state index in [0.717, 1.165) is 11.1 Å². The normalized spacial score (nSPS) is 12.5. The van der Waals surface area contributed by atoms with Gasteiger partial charge < -0.3 is 5.73 Å². The summed E-state index contributed by atoms with van der Waals surface area (Å²) in [5.41, 5.74) is 8.52. The Morgan fingerprint density at radius 2 is 1.56 bits per heavy atom. The van der Waals surface area contributed by atoms with Crippen LogP contribution in [0.1, 0.15) is 17.2 Å². The largest absolute Gasteiger partial charge is 0.320 e. The highest BCUT2D eigenvalue weighted by Gasteiger charge is 2.11. The summed E-state index contributed by atoms with van der Waals surface area (Å²) in [6, 6.07) is 25.6. The maximum atomic E-state index is 6.35. The van der Waals surface area contributed by atoms with Crippen LogP contribution in [0, 0.1) is 6.07 Å². The number of hydrogen-bond acceptors (Lipinski definition) is 1. The number of fused-ring (bicyclic) bond motifs is 1. The van der Waals surface area contributed by atoms with Crippen molar-refractivity contribution in [2.45, 2.75) is 6.04 Å². The Bertz CT molecular complexity index is 653. The molecule has 0 heterocycles. The molecule has 0 saturated heterocycles.